The first kappa shape index (κ1) is 23.1. The zero-order valence-corrected chi connectivity index (χ0v) is 22.8. The summed E-state index contributed by atoms with van der Waals surface area (Å²) < 4.78 is 0. The van der Waals surface area contributed by atoms with E-state index in [-0.39, 0.29) is 0 Å². The lowest BCUT2D eigenvalue weighted by Gasteiger charge is -2.17. The Labute approximate surface area is 242 Å². The lowest BCUT2D eigenvalue weighted by atomic mass is 9.87. The van der Waals surface area contributed by atoms with Crippen molar-refractivity contribution in [1.29, 1.82) is 0 Å². The molecule has 0 N–H and O–H groups in total. The van der Waals surface area contributed by atoms with Gasteiger partial charge in [0, 0.05) is 34.3 Å². The van der Waals surface area contributed by atoms with Crippen molar-refractivity contribution >= 4 is 54.1 Å². The van der Waals surface area contributed by atoms with E-state index in [0.29, 0.717) is 0 Å². The Morgan fingerprint density at radius 3 is 1.88 bits per heavy atom. The van der Waals surface area contributed by atoms with Gasteiger partial charge in [0.05, 0.1) is 11.0 Å². The van der Waals surface area contributed by atoms with Gasteiger partial charge in [0.1, 0.15) is 0 Å². The van der Waals surface area contributed by atoms with Crippen molar-refractivity contribution in [3.8, 4) is 33.4 Å². The summed E-state index contributed by atoms with van der Waals surface area (Å²) in [7, 11) is 0. The highest BCUT2D eigenvalue weighted by atomic mass is 14.7. The average molecular weight is 533 g/mol. The van der Waals surface area contributed by atoms with Crippen molar-refractivity contribution in [2.45, 2.75) is 0 Å². The quantitative estimate of drug-likeness (QED) is 0.212. The van der Waals surface area contributed by atoms with E-state index < -0.39 is 0 Å². The summed E-state index contributed by atoms with van der Waals surface area (Å²) in [4.78, 5) is 9.43. The molecule has 0 amide bonds. The molecule has 2 heterocycles. The van der Waals surface area contributed by atoms with E-state index in [2.05, 4.69) is 126 Å². The molecule has 9 rings (SSSR count). The van der Waals surface area contributed by atoms with Gasteiger partial charge in [0.2, 0.25) is 0 Å². The molecule has 2 nitrogen and oxygen atoms in total. The van der Waals surface area contributed by atoms with E-state index in [4.69, 9.17) is 4.98 Å². The predicted molar refractivity (Wildman–Crippen MR) is 177 cm³/mol. The molecule has 0 bridgehead atoms. The number of hydrogen-bond donors (Lipinski definition) is 0. The van der Waals surface area contributed by atoms with Crippen LogP contribution in [0.4, 0.5) is 0 Å². The van der Waals surface area contributed by atoms with Crippen LogP contribution in [-0.4, -0.2) is 9.97 Å². The molecular formula is C40H24N2. The highest BCUT2D eigenvalue weighted by Crippen LogP contribution is 2.43. The molecule has 42 heavy (non-hydrogen) atoms. The van der Waals surface area contributed by atoms with Gasteiger partial charge in [-0.2, -0.15) is 0 Å². The first-order valence-electron chi connectivity index (χ1n) is 14.3. The number of para-hydroxylation sites is 2. The maximum absolute atomic E-state index is 4.76. The Balaban J connectivity index is 1.22. The highest BCUT2D eigenvalue weighted by Gasteiger charge is 2.16. The molecule has 2 heteroatoms. The average Bonchev–Trinajstić information content (AvgIpc) is 3.06. The molecular weight excluding hydrogens is 508 g/mol. The molecule has 0 aliphatic rings. The number of rotatable bonds is 3. The van der Waals surface area contributed by atoms with Crippen molar-refractivity contribution in [3.63, 3.8) is 0 Å². The van der Waals surface area contributed by atoms with Crippen molar-refractivity contribution < 1.29 is 0 Å². The molecule has 0 fully saturated rings. The van der Waals surface area contributed by atoms with Gasteiger partial charge in [-0.1, -0.05) is 115 Å². The monoisotopic (exact) mass is 532 g/mol. The molecule has 0 unspecified atom stereocenters. The number of pyridine rings is 2. The number of hydrogen-bond acceptors (Lipinski definition) is 2. The summed E-state index contributed by atoms with van der Waals surface area (Å²) in [5.74, 6) is 0. The Morgan fingerprint density at radius 2 is 1.05 bits per heavy atom. The van der Waals surface area contributed by atoms with Crippen LogP contribution >= 0.6 is 0 Å². The van der Waals surface area contributed by atoms with Crippen LogP contribution in [0.15, 0.2) is 146 Å². The fraction of sp³-hybridized carbons (Fsp3) is 0. The SMILES string of the molecule is c1ccc2ncc(-c3ccc(-c4ccc5ccc6c(-c7cccc8cccnc78)ccc7ccc4c5c76)cc3)cc2c1. The fourth-order valence-corrected chi connectivity index (χ4v) is 6.68. The molecule has 0 spiro atoms. The standard InChI is InChI=1S/C40H24N2/c1-2-9-37-30(5-1)23-31(24-42-37)25-10-12-26(13-11-25)32-18-14-27-17-21-35-33(19-15-28-16-20-34(32)38(27)39(28)35)36-8-3-6-29-7-4-22-41-40(29)36/h1-24H. The third-order valence-corrected chi connectivity index (χ3v) is 8.71. The molecule has 0 aliphatic heterocycles. The number of benzene rings is 7. The van der Waals surface area contributed by atoms with Gasteiger partial charge in [-0.15, -0.1) is 0 Å². The molecule has 0 aliphatic carbocycles. The lowest BCUT2D eigenvalue weighted by Crippen LogP contribution is -1.91. The van der Waals surface area contributed by atoms with Crippen molar-refractivity contribution in [3.05, 3.63) is 146 Å². The summed E-state index contributed by atoms with van der Waals surface area (Å²) in [5.41, 5.74) is 9.21. The summed E-state index contributed by atoms with van der Waals surface area (Å²) in [6, 6.07) is 48.2. The second-order valence-electron chi connectivity index (χ2n) is 11.0. The Kier molecular flexibility index (Phi) is 4.93. The first-order chi connectivity index (χ1) is 20.8. The summed E-state index contributed by atoms with van der Waals surface area (Å²) >= 11 is 0. The first-order valence-corrected chi connectivity index (χ1v) is 14.3. The number of fused-ring (bicyclic) bond motifs is 2. The third kappa shape index (κ3) is 3.45. The van der Waals surface area contributed by atoms with Crippen LogP contribution < -0.4 is 0 Å². The Morgan fingerprint density at radius 1 is 0.381 bits per heavy atom. The molecule has 9 aromatic rings. The van der Waals surface area contributed by atoms with E-state index in [9.17, 15) is 0 Å². The maximum Gasteiger partial charge on any atom is 0.0780 e. The van der Waals surface area contributed by atoms with E-state index >= 15 is 0 Å². The van der Waals surface area contributed by atoms with Gasteiger partial charge >= 0.3 is 0 Å². The predicted octanol–water partition coefficient (Wildman–Crippen LogP) is 10.7. The van der Waals surface area contributed by atoms with Crippen LogP contribution in [0.5, 0.6) is 0 Å². The lowest BCUT2D eigenvalue weighted by molar-refractivity contribution is 1.41. The minimum atomic E-state index is 1.02. The van der Waals surface area contributed by atoms with Crippen molar-refractivity contribution in [2.75, 3.05) is 0 Å². The van der Waals surface area contributed by atoms with Crippen LogP contribution in [0, 0.1) is 0 Å². The van der Waals surface area contributed by atoms with E-state index in [1.807, 2.05) is 24.5 Å². The Bertz CT molecular complexity index is 2450. The molecule has 0 atom stereocenters. The van der Waals surface area contributed by atoms with Gasteiger partial charge in [-0.25, -0.2) is 0 Å². The van der Waals surface area contributed by atoms with Gasteiger partial charge in [-0.05, 0) is 72.8 Å². The fourth-order valence-electron chi connectivity index (χ4n) is 6.68. The highest BCUT2D eigenvalue weighted by molar-refractivity contribution is 6.28. The van der Waals surface area contributed by atoms with Crippen LogP contribution in [-0.2, 0) is 0 Å². The molecule has 2 aromatic heterocycles. The Hall–Kier alpha value is -5.60. The molecule has 0 saturated carbocycles. The van der Waals surface area contributed by atoms with Gasteiger partial charge in [0.15, 0.2) is 0 Å². The molecule has 0 radical (unpaired) electrons. The minimum absolute atomic E-state index is 1.02. The number of aromatic nitrogens is 2. The largest absolute Gasteiger partial charge is 0.256 e. The van der Waals surface area contributed by atoms with E-state index in [1.54, 1.807) is 0 Å². The molecule has 0 saturated heterocycles. The van der Waals surface area contributed by atoms with Crippen LogP contribution in [0.2, 0.25) is 0 Å². The summed E-state index contributed by atoms with van der Waals surface area (Å²) in [6.45, 7) is 0. The van der Waals surface area contributed by atoms with Crippen molar-refractivity contribution in [1.82, 2.24) is 9.97 Å². The van der Waals surface area contributed by atoms with Gasteiger partial charge in [0.25, 0.3) is 0 Å². The summed E-state index contributed by atoms with van der Waals surface area (Å²) in [6.07, 6.45) is 3.85. The van der Waals surface area contributed by atoms with Crippen LogP contribution in [0.3, 0.4) is 0 Å². The summed E-state index contributed by atoms with van der Waals surface area (Å²) in [5, 5.41) is 10.0. The molecule has 194 valence electrons. The van der Waals surface area contributed by atoms with E-state index in [0.717, 1.165) is 27.4 Å². The minimum Gasteiger partial charge on any atom is -0.256 e. The van der Waals surface area contributed by atoms with E-state index in [1.165, 1.54) is 60.1 Å². The maximum atomic E-state index is 4.76. The van der Waals surface area contributed by atoms with Crippen molar-refractivity contribution in [2.24, 2.45) is 0 Å². The van der Waals surface area contributed by atoms with Gasteiger partial charge in [-0.3, -0.25) is 9.97 Å². The zero-order chi connectivity index (χ0) is 27.6. The number of nitrogens with zero attached hydrogens (tertiary/aromatic N) is 2. The van der Waals surface area contributed by atoms with Crippen LogP contribution in [0.1, 0.15) is 0 Å². The third-order valence-electron chi connectivity index (χ3n) is 8.71. The molecule has 7 aromatic carbocycles. The second kappa shape index (κ2) is 8.95. The zero-order valence-electron chi connectivity index (χ0n) is 22.8. The normalized spacial score (nSPS) is 11.8. The smallest absolute Gasteiger partial charge is 0.0780 e. The van der Waals surface area contributed by atoms with Gasteiger partial charge < -0.3 is 0 Å². The topological polar surface area (TPSA) is 25.8 Å². The second-order valence-corrected chi connectivity index (χ2v) is 11.0. The van der Waals surface area contributed by atoms with Crippen LogP contribution in [0.25, 0.3) is 87.5 Å².